The van der Waals surface area contributed by atoms with Gasteiger partial charge < -0.3 is 0 Å². The second-order valence-electron chi connectivity index (χ2n) is 6.50. The monoisotopic (exact) mass is 235 g/mol. The van der Waals surface area contributed by atoms with Crippen molar-refractivity contribution in [2.45, 2.75) is 72.3 Å². The lowest BCUT2D eigenvalue weighted by atomic mass is 9.70. The molecule has 0 aromatic heterocycles. The van der Waals surface area contributed by atoms with Crippen molar-refractivity contribution < 1.29 is 0 Å². The molecule has 0 aromatic carbocycles. The topological polar surface area (TPSA) is 48.8 Å². The molecule has 96 valence electrons. The summed E-state index contributed by atoms with van der Waals surface area (Å²) in [5.41, 5.74) is 11.7. The first-order valence-corrected chi connectivity index (χ1v) is 6.54. The summed E-state index contributed by atoms with van der Waals surface area (Å²) in [6.07, 6.45) is 5.82. The van der Waals surface area contributed by atoms with Gasteiger partial charge in [0, 0.05) is 10.5 Å². The zero-order chi connectivity index (χ0) is 13.1. The van der Waals surface area contributed by atoms with Gasteiger partial charge >= 0.3 is 0 Å². The van der Waals surface area contributed by atoms with Crippen LogP contribution in [0.1, 0.15) is 66.7 Å². The van der Waals surface area contributed by atoms with E-state index in [1.165, 1.54) is 19.3 Å². The summed E-state index contributed by atoms with van der Waals surface area (Å²) < 4.78 is 0. The Hall–Kier alpha value is -0.950. The molecule has 0 saturated heterocycles. The summed E-state index contributed by atoms with van der Waals surface area (Å²) in [5, 5.41) is 3.87. The van der Waals surface area contributed by atoms with E-state index in [-0.39, 0.29) is 5.54 Å². The van der Waals surface area contributed by atoms with Gasteiger partial charge in [-0.3, -0.25) is 0 Å². The molecule has 3 nitrogen and oxygen atoms in total. The van der Waals surface area contributed by atoms with Crippen LogP contribution in [-0.2, 0) is 0 Å². The molecule has 0 spiro atoms. The van der Waals surface area contributed by atoms with Crippen LogP contribution in [0.2, 0.25) is 0 Å². The van der Waals surface area contributed by atoms with Crippen molar-refractivity contribution in [3.05, 3.63) is 21.6 Å². The highest BCUT2D eigenvalue weighted by Crippen LogP contribution is 2.43. The zero-order valence-corrected chi connectivity index (χ0v) is 11.9. The number of hydrogen-bond donors (Lipinski definition) is 0. The number of allylic oxidation sites excluding steroid dienone is 2. The van der Waals surface area contributed by atoms with Gasteiger partial charge in [0.25, 0.3) is 0 Å². The lowest BCUT2D eigenvalue weighted by Gasteiger charge is -2.36. The van der Waals surface area contributed by atoms with Crippen LogP contribution in [0.5, 0.6) is 0 Å². The number of nitrogens with zero attached hydrogens (tertiary/aromatic N) is 3. The molecular weight excluding hydrogens is 210 g/mol. The van der Waals surface area contributed by atoms with Gasteiger partial charge in [0.05, 0.1) is 0 Å². The van der Waals surface area contributed by atoms with E-state index in [0.717, 1.165) is 12.8 Å². The van der Waals surface area contributed by atoms with Crippen LogP contribution in [0.4, 0.5) is 0 Å². The highest BCUT2D eigenvalue weighted by Gasteiger charge is 2.29. The van der Waals surface area contributed by atoms with E-state index >= 15 is 0 Å². The van der Waals surface area contributed by atoms with Crippen molar-refractivity contribution in [3.63, 3.8) is 0 Å². The van der Waals surface area contributed by atoms with Gasteiger partial charge in [0.1, 0.15) is 0 Å². The first-order chi connectivity index (χ1) is 7.78. The quantitative estimate of drug-likeness (QED) is 0.272. The SMILES string of the molecule is CC1=C(CCC(C)(C)N=[N+]=[N-])C(C)(C)CCC1. The maximum absolute atomic E-state index is 8.54. The molecule has 0 atom stereocenters. The van der Waals surface area contributed by atoms with Crippen molar-refractivity contribution in [2.75, 3.05) is 0 Å². The van der Waals surface area contributed by atoms with E-state index in [1.54, 1.807) is 11.1 Å². The number of hydrogen-bond acceptors (Lipinski definition) is 1. The fourth-order valence-electron chi connectivity index (χ4n) is 2.83. The third kappa shape index (κ3) is 3.78. The van der Waals surface area contributed by atoms with Crippen molar-refractivity contribution in [2.24, 2.45) is 10.5 Å². The van der Waals surface area contributed by atoms with Crippen LogP contribution in [0.3, 0.4) is 0 Å². The molecule has 17 heavy (non-hydrogen) atoms. The molecule has 0 saturated carbocycles. The molecule has 0 N–H and O–H groups in total. The summed E-state index contributed by atoms with van der Waals surface area (Å²) >= 11 is 0. The molecule has 1 aliphatic rings. The van der Waals surface area contributed by atoms with Crippen molar-refractivity contribution in [1.29, 1.82) is 0 Å². The normalized spacial score (nSPS) is 20.1. The van der Waals surface area contributed by atoms with Gasteiger partial charge in [-0.1, -0.05) is 44.0 Å². The first-order valence-electron chi connectivity index (χ1n) is 6.54. The van der Waals surface area contributed by atoms with Crippen LogP contribution < -0.4 is 0 Å². The smallest absolute Gasteiger partial charge is 0.0435 e. The third-order valence-electron chi connectivity index (χ3n) is 3.99. The second-order valence-corrected chi connectivity index (χ2v) is 6.50. The molecule has 1 aliphatic carbocycles. The molecule has 1 rings (SSSR count). The first kappa shape index (κ1) is 14.1. The largest absolute Gasteiger partial charge is 0.0878 e. The van der Waals surface area contributed by atoms with Crippen LogP contribution >= 0.6 is 0 Å². The maximum Gasteiger partial charge on any atom is 0.0435 e. The minimum Gasteiger partial charge on any atom is -0.0878 e. The predicted octanol–water partition coefficient (Wildman–Crippen LogP) is 5.38. The highest BCUT2D eigenvalue weighted by molar-refractivity contribution is 5.22. The molecule has 0 unspecified atom stereocenters. The Labute approximate surface area is 105 Å². The summed E-state index contributed by atoms with van der Waals surface area (Å²) in [4.78, 5) is 2.94. The summed E-state index contributed by atoms with van der Waals surface area (Å²) in [5.74, 6) is 0. The van der Waals surface area contributed by atoms with Crippen LogP contribution in [0.15, 0.2) is 16.3 Å². The Bertz CT molecular complexity index is 358. The van der Waals surface area contributed by atoms with Gasteiger partial charge in [0.15, 0.2) is 0 Å². The van der Waals surface area contributed by atoms with E-state index in [2.05, 4.69) is 30.8 Å². The molecule has 0 aromatic rings. The Morgan fingerprint density at radius 2 is 2.06 bits per heavy atom. The summed E-state index contributed by atoms with van der Waals surface area (Å²) in [6.45, 7) is 11.0. The Kier molecular flexibility index (Phi) is 4.26. The van der Waals surface area contributed by atoms with Crippen molar-refractivity contribution in [3.8, 4) is 0 Å². The van der Waals surface area contributed by atoms with E-state index in [4.69, 9.17) is 5.53 Å². The average Bonchev–Trinajstić information content (AvgIpc) is 2.15. The Balaban J connectivity index is 2.77. The zero-order valence-electron chi connectivity index (χ0n) is 11.9. The van der Waals surface area contributed by atoms with Crippen molar-refractivity contribution >= 4 is 0 Å². The fraction of sp³-hybridized carbons (Fsp3) is 0.857. The molecule has 0 heterocycles. The number of azide groups is 1. The Morgan fingerprint density at radius 1 is 1.41 bits per heavy atom. The summed E-state index contributed by atoms with van der Waals surface area (Å²) in [6, 6.07) is 0. The molecule has 3 heteroatoms. The highest BCUT2D eigenvalue weighted by atomic mass is 15.2. The van der Waals surface area contributed by atoms with E-state index in [1.807, 2.05) is 13.8 Å². The number of rotatable bonds is 4. The second kappa shape index (κ2) is 5.14. The van der Waals surface area contributed by atoms with Gasteiger partial charge in [-0.25, -0.2) is 0 Å². The van der Waals surface area contributed by atoms with Gasteiger partial charge in [0.2, 0.25) is 0 Å². The van der Waals surface area contributed by atoms with E-state index in [0.29, 0.717) is 5.41 Å². The lowest BCUT2D eigenvalue weighted by molar-refractivity contribution is 0.340. The van der Waals surface area contributed by atoms with Gasteiger partial charge in [-0.05, 0) is 50.0 Å². The lowest BCUT2D eigenvalue weighted by Crippen LogP contribution is -2.23. The standard InChI is InChI=1S/C14H25N3/c1-11-7-6-9-13(2,3)12(11)8-10-14(4,5)16-17-15/h6-10H2,1-5H3. The minimum atomic E-state index is -0.268. The average molecular weight is 235 g/mol. The van der Waals surface area contributed by atoms with Crippen molar-refractivity contribution in [1.82, 2.24) is 0 Å². The summed E-state index contributed by atoms with van der Waals surface area (Å²) in [7, 11) is 0. The van der Waals surface area contributed by atoms with E-state index < -0.39 is 0 Å². The van der Waals surface area contributed by atoms with Crippen LogP contribution in [0, 0.1) is 5.41 Å². The van der Waals surface area contributed by atoms with Gasteiger partial charge in [-0.2, -0.15) is 0 Å². The van der Waals surface area contributed by atoms with Gasteiger partial charge in [-0.15, -0.1) is 0 Å². The van der Waals surface area contributed by atoms with E-state index in [9.17, 15) is 0 Å². The maximum atomic E-state index is 8.54. The Morgan fingerprint density at radius 3 is 2.59 bits per heavy atom. The molecule has 0 radical (unpaired) electrons. The fourth-order valence-corrected chi connectivity index (χ4v) is 2.83. The minimum absolute atomic E-state index is 0.268. The third-order valence-corrected chi connectivity index (χ3v) is 3.99. The molecule has 0 fully saturated rings. The molecule has 0 bridgehead atoms. The van der Waals surface area contributed by atoms with Crippen LogP contribution in [0.25, 0.3) is 10.4 Å². The molecule has 0 aliphatic heterocycles. The predicted molar refractivity (Wildman–Crippen MR) is 72.8 cm³/mol. The molecular formula is C14H25N3. The van der Waals surface area contributed by atoms with Crippen LogP contribution in [-0.4, -0.2) is 5.54 Å². The molecule has 0 amide bonds.